The highest BCUT2D eigenvalue weighted by molar-refractivity contribution is 7.80. The zero-order valence-electron chi connectivity index (χ0n) is 12.7. The van der Waals surface area contributed by atoms with Gasteiger partial charge in [0.15, 0.2) is 5.11 Å². The van der Waals surface area contributed by atoms with Crippen molar-refractivity contribution in [1.82, 2.24) is 5.32 Å². The topological polar surface area (TPSA) is 44.4 Å². The summed E-state index contributed by atoms with van der Waals surface area (Å²) in [5.41, 5.74) is 2.14. The molecule has 1 aromatic carbocycles. The van der Waals surface area contributed by atoms with Gasteiger partial charge < -0.3 is 15.5 Å². The van der Waals surface area contributed by atoms with E-state index in [0.29, 0.717) is 11.5 Å². The highest BCUT2D eigenvalue weighted by Gasteiger charge is 2.15. The van der Waals surface area contributed by atoms with Gasteiger partial charge in [0.2, 0.25) is 5.91 Å². The molecule has 2 rings (SSSR count). The summed E-state index contributed by atoms with van der Waals surface area (Å²) in [4.78, 5) is 13.7. The standard InChI is InChI=1S/C16H23N3OS/c1-3-15(20)18-16(21)17-13-4-6-14(7-5-13)19-10-8-12(2)9-11-19/h4-7,12H,3,8-11H2,1-2H3,(H2,17,18,20,21). The van der Waals surface area contributed by atoms with Crippen molar-refractivity contribution in [2.24, 2.45) is 5.92 Å². The molecule has 1 aliphatic rings. The maximum atomic E-state index is 11.3. The monoisotopic (exact) mass is 305 g/mol. The molecule has 0 bridgehead atoms. The van der Waals surface area contributed by atoms with Crippen LogP contribution < -0.4 is 15.5 Å². The van der Waals surface area contributed by atoms with Crippen LogP contribution in [0.5, 0.6) is 0 Å². The van der Waals surface area contributed by atoms with E-state index < -0.39 is 0 Å². The van der Waals surface area contributed by atoms with Crippen LogP contribution in [-0.4, -0.2) is 24.1 Å². The van der Waals surface area contributed by atoms with E-state index in [1.807, 2.05) is 12.1 Å². The van der Waals surface area contributed by atoms with Crippen LogP contribution in [0.4, 0.5) is 11.4 Å². The molecule has 0 unspecified atom stereocenters. The first kappa shape index (κ1) is 15.8. The molecule has 2 N–H and O–H groups in total. The number of thiocarbonyl (C=S) groups is 1. The van der Waals surface area contributed by atoms with E-state index in [1.165, 1.54) is 18.5 Å². The van der Waals surface area contributed by atoms with E-state index in [1.54, 1.807) is 6.92 Å². The summed E-state index contributed by atoms with van der Waals surface area (Å²) < 4.78 is 0. The summed E-state index contributed by atoms with van der Waals surface area (Å²) >= 11 is 5.10. The zero-order chi connectivity index (χ0) is 15.2. The fourth-order valence-electron chi connectivity index (χ4n) is 2.40. The predicted molar refractivity (Wildman–Crippen MR) is 91.7 cm³/mol. The summed E-state index contributed by atoms with van der Waals surface area (Å²) in [6.07, 6.45) is 2.94. The molecule has 1 saturated heterocycles. The van der Waals surface area contributed by atoms with E-state index in [-0.39, 0.29) is 5.91 Å². The van der Waals surface area contributed by atoms with Gasteiger partial charge in [0.1, 0.15) is 0 Å². The Bertz CT molecular complexity index is 493. The highest BCUT2D eigenvalue weighted by atomic mass is 32.1. The van der Waals surface area contributed by atoms with Gasteiger partial charge in [-0.25, -0.2) is 0 Å². The number of hydrogen-bond acceptors (Lipinski definition) is 3. The van der Waals surface area contributed by atoms with Crippen molar-refractivity contribution in [1.29, 1.82) is 0 Å². The minimum Gasteiger partial charge on any atom is -0.372 e. The molecule has 1 fully saturated rings. The van der Waals surface area contributed by atoms with Gasteiger partial charge in [0.25, 0.3) is 0 Å². The van der Waals surface area contributed by atoms with Gasteiger partial charge in [-0.15, -0.1) is 0 Å². The fraction of sp³-hybridized carbons (Fsp3) is 0.500. The average Bonchev–Trinajstić information content (AvgIpc) is 2.48. The lowest BCUT2D eigenvalue weighted by Gasteiger charge is -2.32. The maximum absolute atomic E-state index is 11.3. The normalized spacial score (nSPS) is 15.6. The van der Waals surface area contributed by atoms with Crippen molar-refractivity contribution < 1.29 is 4.79 Å². The first-order chi connectivity index (χ1) is 10.1. The second-order valence-electron chi connectivity index (χ2n) is 5.57. The van der Waals surface area contributed by atoms with Crippen LogP contribution in [0.2, 0.25) is 0 Å². The number of piperidine rings is 1. The second kappa shape index (κ2) is 7.41. The lowest BCUT2D eigenvalue weighted by Crippen LogP contribution is -2.33. The molecule has 5 heteroatoms. The fourth-order valence-corrected chi connectivity index (χ4v) is 2.63. The Hall–Kier alpha value is -1.62. The molecular weight excluding hydrogens is 282 g/mol. The number of rotatable bonds is 3. The third kappa shape index (κ3) is 4.70. The van der Waals surface area contributed by atoms with Crippen molar-refractivity contribution in [3.63, 3.8) is 0 Å². The number of benzene rings is 1. The Morgan fingerprint density at radius 3 is 2.48 bits per heavy atom. The van der Waals surface area contributed by atoms with Gasteiger partial charge in [0, 0.05) is 30.9 Å². The van der Waals surface area contributed by atoms with Crippen LogP contribution in [0.1, 0.15) is 33.1 Å². The van der Waals surface area contributed by atoms with Gasteiger partial charge in [-0.2, -0.15) is 0 Å². The molecule has 0 saturated carbocycles. The maximum Gasteiger partial charge on any atom is 0.225 e. The molecule has 21 heavy (non-hydrogen) atoms. The smallest absolute Gasteiger partial charge is 0.225 e. The molecule has 0 aliphatic carbocycles. The molecule has 1 aromatic rings. The molecular formula is C16H23N3OS. The SMILES string of the molecule is CCC(=O)NC(=S)Nc1ccc(N2CCC(C)CC2)cc1. The quantitative estimate of drug-likeness (QED) is 0.842. The van der Waals surface area contributed by atoms with Crippen LogP contribution >= 0.6 is 12.2 Å². The predicted octanol–water partition coefficient (Wildman–Crippen LogP) is 3.15. The number of carbonyl (C=O) groups is 1. The van der Waals surface area contributed by atoms with Crippen LogP contribution in [0.15, 0.2) is 24.3 Å². The lowest BCUT2D eigenvalue weighted by molar-refractivity contribution is -0.119. The van der Waals surface area contributed by atoms with E-state index in [9.17, 15) is 4.79 Å². The lowest BCUT2D eigenvalue weighted by atomic mass is 9.99. The Morgan fingerprint density at radius 2 is 1.90 bits per heavy atom. The van der Waals surface area contributed by atoms with Crippen molar-refractivity contribution in [2.75, 3.05) is 23.3 Å². The Labute approximate surface area is 131 Å². The first-order valence-corrected chi connectivity index (χ1v) is 7.95. The molecule has 1 aliphatic heterocycles. The van der Waals surface area contributed by atoms with E-state index >= 15 is 0 Å². The largest absolute Gasteiger partial charge is 0.372 e. The Kier molecular flexibility index (Phi) is 5.56. The van der Waals surface area contributed by atoms with Crippen LogP contribution in [0.25, 0.3) is 0 Å². The summed E-state index contributed by atoms with van der Waals surface area (Å²) in [6.45, 7) is 6.36. The van der Waals surface area contributed by atoms with Crippen molar-refractivity contribution in [3.05, 3.63) is 24.3 Å². The Balaban J connectivity index is 1.90. The molecule has 1 amide bonds. The van der Waals surface area contributed by atoms with Gasteiger partial charge >= 0.3 is 0 Å². The van der Waals surface area contributed by atoms with Crippen LogP contribution in [0.3, 0.4) is 0 Å². The van der Waals surface area contributed by atoms with E-state index in [4.69, 9.17) is 12.2 Å². The highest BCUT2D eigenvalue weighted by Crippen LogP contribution is 2.24. The van der Waals surface area contributed by atoms with Crippen LogP contribution in [0, 0.1) is 5.92 Å². The summed E-state index contributed by atoms with van der Waals surface area (Å²) in [5, 5.41) is 6.01. The van der Waals surface area contributed by atoms with Crippen LogP contribution in [-0.2, 0) is 4.79 Å². The minimum atomic E-state index is -0.0773. The molecule has 114 valence electrons. The number of nitrogens with zero attached hydrogens (tertiary/aromatic N) is 1. The molecule has 0 aromatic heterocycles. The Morgan fingerprint density at radius 1 is 1.29 bits per heavy atom. The second-order valence-corrected chi connectivity index (χ2v) is 5.98. The van der Waals surface area contributed by atoms with Crippen molar-refractivity contribution in [3.8, 4) is 0 Å². The summed E-state index contributed by atoms with van der Waals surface area (Å²) in [7, 11) is 0. The van der Waals surface area contributed by atoms with Gasteiger partial charge in [-0.1, -0.05) is 13.8 Å². The summed E-state index contributed by atoms with van der Waals surface area (Å²) in [6, 6.07) is 8.20. The number of nitrogens with one attached hydrogen (secondary N) is 2. The summed E-state index contributed by atoms with van der Waals surface area (Å²) in [5.74, 6) is 0.758. The van der Waals surface area contributed by atoms with E-state index in [2.05, 4.69) is 34.6 Å². The minimum absolute atomic E-state index is 0.0773. The first-order valence-electron chi connectivity index (χ1n) is 7.54. The number of carbonyl (C=O) groups excluding carboxylic acids is 1. The van der Waals surface area contributed by atoms with Gasteiger partial charge in [-0.3, -0.25) is 4.79 Å². The zero-order valence-corrected chi connectivity index (χ0v) is 13.5. The third-order valence-corrected chi connectivity index (χ3v) is 4.05. The molecule has 1 heterocycles. The molecule has 0 radical (unpaired) electrons. The van der Waals surface area contributed by atoms with Crippen molar-refractivity contribution in [2.45, 2.75) is 33.1 Å². The van der Waals surface area contributed by atoms with Crippen molar-refractivity contribution >= 4 is 34.6 Å². The number of hydrogen-bond donors (Lipinski definition) is 2. The van der Waals surface area contributed by atoms with Gasteiger partial charge in [0.05, 0.1) is 0 Å². The number of anilines is 2. The van der Waals surface area contributed by atoms with E-state index in [0.717, 1.165) is 24.7 Å². The molecule has 0 spiro atoms. The third-order valence-electron chi connectivity index (χ3n) is 3.85. The average molecular weight is 305 g/mol. The number of amides is 1. The molecule has 4 nitrogen and oxygen atoms in total. The van der Waals surface area contributed by atoms with Gasteiger partial charge in [-0.05, 0) is 55.2 Å². The molecule has 0 atom stereocenters.